The number of fused-ring (bicyclic) bond motifs is 2. The monoisotopic (exact) mass is 555 g/mol. The van der Waals surface area contributed by atoms with Gasteiger partial charge in [0.1, 0.15) is 6.10 Å². The summed E-state index contributed by atoms with van der Waals surface area (Å²) in [6.07, 6.45) is -0.525. The Kier molecular flexibility index (Phi) is 8.88. The fourth-order valence-electron chi connectivity index (χ4n) is 4.53. The molecular formula is C28H37N5O7. The number of nitrogens with one attached hydrogen (secondary N) is 3. The molecule has 2 aliphatic rings. The Bertz CT molecular complexity index is 1250. The lowest BCUT2D eigenvalue weighted by Gasteiger charge is -2.38. The molecule has 5 amide bonds. The van der Waals surface area contributed by atoms with Crippen LogP contribution in [-0.4, -0.2) is 84.6 Å². The van der Waals surface area contributed by atoms with E-state index in [1.165, 1.54) is 4.90 Å². The summed E-state index contributed by atoms with van der Waals surface area (Å²) in [6.45, 7) is 7.89. The van der Waals surface area contributed by atoms with Crippen molar-refractivity contribution < 1.29 is 33.7 Å². The van der Waals surface area contributed by atoms with Crippen LogP contribution in [0.5, 0.6) is 17.2 Å². The third kappa shape index (κ3) is 6.50. The molecule has 0 bridgehead atoms. The van der Waals surface area contributed by atoms with Crippen LogP contribution in [0.15, 0.2) is 36.4 Å². The molecule has 3 atom stereocenters. The Labute approximate surface area is 233 Å². The van der Waals surface area contributed by atoms with E-state index in [1.54, 1.807) is 55.3 Å². The molecule has 0 aromatic heterocycles. The van der Waals surface area contributed by atoms with Crippen LogP contribution < -0.4 is 30.2 Å². The van der Waals surface area contributed by atoms with Gasteiger partial charge in [0, 0.05) is 37.3 Å². The van der Waals surface area contributed by atoms with Crippen molar-refractivity contribution in [3.8, 4) is 17.2 Å². The van der Waals surface area contributed by atoms with Crippen molar-refractivity contribution in [3.63, 3.8) is 0 Å². The van der Waals surface area contributed by atoms with Crippen molar-refractivity contribution in [2.45, 2.75) is 45.9 Å². The van der Waals surface area contributed by atoms with Gasteiger partial charge in [-0.3, -0.25) is 4.79 Å². The van der Waals surface area contributed by atoms with Gasteiger partial charge in [0.05, 0.1) is 30.4 Å². The third-order valence-corrected chi connectivity index (χ3v) is 6.78. The van der Waals surface area contributed by atoms with Crippen molar-refractivity contribution in [1.29, 1.82) is 0 Å². The summed E-state index contributed by atoms with van der Waals surface area (Å²) in [5, 5.41) is 18.3. The predicted octanol–water partition coefficient (Wildman–Crippen LogP) is 3.33. The molecule has 12 heteroatoms. The minimum Gasteiger partial charge on any atom is -0.485 e. The highest BCUT2D eigenvalue weighted by Crippen LogP contribution is 2.36. The van der Waals surface area contributed by atoms with E-state index in [1.807, 2.05) is 20.8 Å². The van der Waals surface area contributed by atoms with Crippen LogP contribution in [0.2, 0.25) is 0 Å². The van der Waals surface area contributed by atoms with E-state index in [-0.39, 0.29) is 60.8 Å². The van der Waals surface area contributed by atoms with Gasteiger partial charge < -0.3 is 45.1 Å². The number of anilines is 2. The third-order valence-electron chi connectivity index (χ3n) is 6.78. The number of carbonyl (C=O) groups excluding carboxylic acids is 3. The van der Waals surface area contributed by atoms with Gasteiger partial charge >= 0.3 is 12.1 Å². The minimum absolute atomic E-state index is 0.0380. The molecule has 216 valence electrons. The first-order valence-electron chi connectivity index (χ1n) is 13.3. The number of rotatable bonds is 7. The largest absolute Gasteiger partial charge is 0.485 e. The van der Waals surface area contributed by atoms with E-state index in [0.29, 0.717) is 23.7 Å². The molecule has 0 saturated carbocycles. The number of amides is 5. The fraction of sp³-hybridized carbons (Fsp3) is 0.464. The Hall–Kier alpha value is -4.19. The summed E-state index contributed by atoms with van der Waals surface area (Å²) in [6, 6.07) is 8.67. The highest BCUT2D eigenvalue weighted by atomic mass is 16.7. The topological polar surface area (TPSA) is 142 Å². The van der Waals surface area contributed by atoms with Crippen molar-refractivity contribution in [2.75, 3.05) is 44.2 Å². The molecule has 2 aromatic carbocycles. The zero-order valence-corrected chi connectivity index (χ0v) is 23.4. The number of hydrogen-bond donors (Lipinski definition) is 4. The van der Waals surface area contributed by atoms with Crippen LogP contribution in [0, 0.1) is 5.92 Å². The molecule has 0 saturated heterocycles. The highest BCUT2D eigenvalue weighted by Gasteiger charge is 2.35. The van der Waals surface area contributed by atoms with Crippen LogP contribution in [0.4, 0.5) is 21.0 Å². The van der Waals surface area contributed by atoms with Crippen LogP contribution in [0.25, 0.3) is 0 Å². The lowest BCUT2D eigenvalue weighted by molar-refractivity contribution is 0.0368. The number of aliphatic hydroxyl groups excluding tert-OH is 1. The van der Waals surface area contributed by atoms with E-state index in [9.17, 15) is 19.5 Å². The Morgan fingerprint density at radius 3 is 2.60 bits per heavy atom. The molecule has 0 spiro atoms. The normalized spacial score (nSPS) is 18.7. The first kappa shape index (κ1) is 28.8. The second-order valence-electron chi connectivity index (χ2n) is 10.4. The Morgan fingerprint density at radius 1 is 1.12 bits per heavy atom. The predicted molar refractivity (Wildman–Crippen MR) is 149 cm³/mol. The summed E-state index contributed by atoms with van der Waals surface area (Å²) < 4.78 is 17.1. The molecule has 4 rings (SSSR count). The first-order valence-corrected chi connectivity index (χ1v) is 13.3. The summed E-state index contributed by atoms with van der Waals surface area (Å²) in [5.74, 6) is 0.773. The lowest BCUT2D eigenvalue weighted by atomic mass is 9.99. The number of ether oxygens (including phenoxy) is 3. The van der Waals surface area contributed by atoms with E-state index in [0.717, 1.165) is 0 Å². The van der Waals surface area contributed by atoms with Gasteiger partial charge in [0.25, 0.3) is 5.91 Å². The molecule has 0 aliphatic carbocycles. The lowest BCUT2D eigenvalue weighted by Crippen LogP contribution is -2.51. The molecular weight excluding hydrogens is 518 g/mol. The maximum absolute atomic E-state index is 13.6. The number of urea groups is 2. The summed E-state index contributed by atoms with van der Waals surface area (Å²) >= 11 is 0. The van der Waals surface area contributed by atoms with Gasteiger partial charge in [-0.2, -0.15) is 0 Å². The van der Waals surface area contributed by atoms with E-state index in [2.05, 4.69) is 16.0 Å². The van der Waals surface area contributed by atoms with Gasteiger partial charge in [-0.1, -0.05) is 13.0 Å². The number of likely N-dealkylation sites (N-methyl/N-ethyl adjacent to an activating group) is 1. The van der Waals surface area contributed by atoms with Crippen molar-refractivity contribution in [3.05, 3.63) is 42.0 Å². The van der Waals surface area contributed by atoms with Crippen LogP contribution in [0.3, 0.4) is 0 Å². The number of para-hydroxylation sites is 1. The van der Waals surface area contributed by atoms with Gasteiger partial charge in [-0.25, -0.2) is 9.59 Å². The molecule has 0 radical (unpaired) electrons. The summed E-state index contributed by atoms with van der Waals surface area (Å²) in [5.41, 5.74) is 1.02. The van der Waals surface area contributed by atoms with Crippen LogP contribution in [0.1, 0.15) is 38.1 Å². The molecule has 40 heavy (non-hydrogen) atoms. The number of carbonyl (C=O) groups is 3. The standard InChI is InChI=1S/C28H37N5O7/c1-16(2)29-28(37)32(5)13-24-17(3)12-33(18(4)14-34)26(35)20-7-6-8-21(25(20)40-24)31-27(36)30-19-9-10-22-23(11-19)39-15-38-22/h6-11,16-18,24,34H,12-15H2,1-5H3,(H,29,37)(H2,30,31,36)/t17-,18+,24-/m0/s1. The Morgan fingerprint density at radius 2 is 1.88 bits per heavy atom. The molecule has 12 nitrogen and oxygen atoms in total. The maximum atomic E-state index is 13.6. The highest BCUT2D eigenvalue weighted by molar-refractivity contribution is 6.04. The summed E-state index contributed by atoms with van der Waals surface area (Å²) in [7, 11) is 1.68. The van der Waals surface area contributed by atoms with Crippen molar-refractivity contribution in [2.24, 2.45) is 5.92 Å². The zero-order valence-electron chi connectivity index (χ0n) is 23.4. The fourth-order valence-corrected chi connectivity index (χ4v) is 4.53. The second kappa shape index (κ2) is 12.3. The molecule has 0 fully saturated rings. The average Bonchev–Trinajstić information content (AvgIpc) is 3.38. The van der Waals surface area contributed by atoms with Crippen LogP contribution >= 0.6 is 0 Å². The SMILES string of the molecule is CC(C)NC(=O)N(C)C[C@@H]1Oc2c(NC(=O)Nc3ccc4c(c3)OCO4)cccc2C(=O)N([C@H](C)CO)C[C@@H]1C. The molecule has 0 unspecified atom stereocenters. The number of aliphatic hydroxyl groups is 1. The van der Waals surface area contributed by atoms with Crippen molar-refractivity contribution >= 4 is 29.3 Å². The quantitative estimate of drug-likeness (QED) is 0.411. The Balaban J connectivity index is 1.62. The van der Waals surface area contributed by atoms with E-state index >= 15 is 0 Å². The summed E-state index contributed by atoms with van der Waals surface area (Å²) in [4.78, 5) is 42.4. The zero-order chi connectivity index (χ0) is 29.0. The van der Waals surface area contributed by atoms with E-state index < -0.39 is 18.2 Å². The van der Waals surface area contributed by atoms with E-state index in [4.69, 9.17) is 14.2 Å². The van der Waals surface area contributed by atoms with Crippen molar-refractivity contribution in [1.82, 2.24) is 15.1 Å². The number of hydrogen-bond acceptors (Lipinski definition) is 7. The first-order chi connectivity index (χ1) is 19.1. The number of nitrogens with zero attached hydrogens (tertiary/aromatic N) is 2. The maximum Gasteiger partial charge on any atom is 0.323 e. The number of benzene rings is 2. The van der Waals surface area contributed by atoms with Gasteiger partial charge in [0.15, 0.2) is 17.2 Å². The van der Waals surface area contributed by atoms with Gasteiger partial charge in [0.2, 0.25) is 6.79 Å². The minimum atomic E-state index is -0.552. The molecule has 2 heterocycles. The second-order valence-corrected chi connectivity index (χ2v) is 10.4. The molecule has 2 aliphatic heterocycles. The van der Waals surface area contributed by atoms with Gasteiger partial charge in [-0.05, 0) is 45.0 Å². The smallest absolute Gasteiger partial charge is 0.323 e. The molecule has 4 N–H and O–H groups in total. The van der Waals surface area contributed by atoms with Crippen LogP contribution in [-0.2, 0) is 0 Å². The average molecular weight is 556 g/mol. The molecule has 2 aromatic rings. The van der Waals surface area contributed by atoms with Gasteiger partial charge in [-0.15, -0.1) is 0 Å².